The van der Waals surface area contributed by atoms with Gasteiger partial charge in [0, 0.05) is 21.7 Å². The van der Waals surface area contributed by atoms with Crippen molar-refractivity contribution >= 4 is 29.1 Å². The molecule has 30 heavy (non-hydrogen) atoms. The highest BCUT2D eigenvalue weighted by Gasteiger charge is 2.13. The Kier molecular flexibility index (Phi) is 5.88. The molecule has 150 valence electrons. The van der Waals surface area contributed by atoms with Gasteiger partial charge in [0.2, 0.25) is 0 Å². The molecule has 0 radical (unpaired) electrons. The van der Waals surface area contributed by atoms with Gasteiger partial charge in [0.05, 0.1) is 22.5 Å². The maximum atomic E-state index is 12.6. The summed E-state index contributed by atoms with van der Waals surface area (Å²) < 4.78 is 0. The number of halogens is 2. The third-order valence-corrected chi connectivity index (χ3v) is 5.44. The van der Waals surface area contributed by atoms with Crippen LogP contribution < -0.4 is 5.32 Å². The first-order valence-electron chi connectivity index (χ1n) is 9.48. The van der Waals surface area contributed by atoms with Gasteiger partial charge in [-0.3, -0.25) is 9.89 Å². The molecule has 0 fully saturated rings. The van der Waals surface area contributed by atoms with Crippen molar-refractivity contribution in [3.8, 4) is 22.5 Å². The molecular formula is C24H19Cl2N3O. The van der Waals surface area contributed by atoms with Gasteiger partial charge in [-0.15, -0.1) is 0 Å². The predicted molar refractivity (Wildman–Crippen MR) is 122 cm³/mol. The fourth-order valence-electron chi connectivity index (χ4n) is 3.21. The van der Waals surface area contributed by atoms with Crippen LogP contribution in [0.3, 0.4) is 0 Å². The summed E-state index contributed by atoms with van der Waals surface area (Å²) in [6.07, 6.45) is 0. The molecule has 2 N–H and O–H groups in total. The minimum atomic E-state index is -0.117. The molecular weight excluding hydrogens is 417 g/mol. The van der Waals surface area contributed by atoms with Crippen LogP contribution >= 0.6 is 23.2 Å². The standard InChI is InChI=1S/C24H19Cl2N3O/c1-15(16-5-3-2-4-6-16)27-24(30)18-9-7-17(8-10-18)22-14-23(29-28-22)20-12-11-19(25)13-21(20)26/h2-15H,1H3,(H,27,30)(H,28,29). The van der Waals surface area contributed by atoms with E-state index < -0.39 is 0 Å². The second-order valence-electron chi connectivity index (χ2n) is 6.97. The second-order valence-corrected chi connectivity index (χ2v) is 7.82. The van der Waals surface area contributed by atoms with Crippen LogP contribution in [0.25, 0.3) is 22.5 Å². The maximum Gasteiger partial charge on any atom is 0.251 e. The topological polar surface area (TPSA) is 57.8 Å². The van der Waals surface area contributed by atoms with Crippen molar-refractivity contribution in [3.63, 3.8) is 0 Å². The van der Waals surface area contributed by atoms with Crippen LogP contribution in [0.1, 0.15) is 28.9 Å². The van der Waals surface area contributed by atoms with Crippen LogP contribution in [0, 0.1) is 0 Å². The lowest BCUT2D eigenvalue weighted by Gasteiger charge is -2.14. The number of hydrogen-bond donors (Lipinski definition) is 2. The minimum absolute atomic E-state index is 0.0728. The van der Waals surface area contributed by atoms with Gasteiger partial charge in [-0.05, 0) is 48.9 Å². The van der Waals surface area contributed by atoms with Crippen molar-refractivity contribution in [3.05, 3.63) is 100 Å². The Labute approximate surface area is 184 Å². The Morgan fingerprint density at radius 2 is 1.70 bits per heavy atom. The number of nitrogens with one attached hydrogen (secondary N) is 2. The van der Waals surface area contributed by atoms with E-state index in [1.165, 1.54) is 0 Å². The van der Waals surface area contributed by atoms with E-state index in [4.69, 9.17) is 23.2 Å². The lowest BCUT2D eigenvalue weighted by molar-refractivity contribution is 0.0940. The highest BCUT2D eigenvalue weighted by atomic mass is 35.5. The highest BCUT2D eigenvalue weighted by Crippen LogP contribution is 2.31. The molecule has 0 spiro atoms. The molecule has 0 aliphatic rings. The van der Waals surface area contributed by atoms with E-state index in [-0.39, 0.29) is 11.9 Å². The molecule has 4 rings (SSSR count). The van der Waals surface area contributed by atoms with Gasteiger partial charge in [0.25, 0.3) is 5.91 Å². The molecule has 1 heterocycles. The number of rotatable bonds is 5. The first kappa shape index (κ1) is 20.2. The molecule has 1 atom stereocenters. The number of aromatic nitrogens is 2. The van der Waals surface area contributed by atoms with E-state index in [1.807, 2.05) is 61.5 Å². The first-order chi connectivity index (χ1) is 14.5. The van der Waals surface area contributed by atoms with Crippen LogP contribution in [-0.2, 0) is 0 Å². The number of benzene rings is 3. The zero-order valence-electron chi connectivity index (χ0n) is 16.2. The SMILES string of the molecule is CC(NC(=O)c1ccc(-c2cc(-c3ccc(Cl)cc3Cl)[nH]n2)cc1)c1ccccc1. The van der Waals surface area contributed by atoms with Crippen molar-refractivity contribution in [1.29, 1.82) is 0 Å². The van der Waals surface area contributed by atoms with Gasteiger partial charge in [-0.1, -0.05) is 65.7 Å². The van der Waals surface area contributed by atoms with Crippen LogP contribution in [0.2, 0.25) is 10.0 Å². The maximum absolute atomic E-state index is 12.6. The van der Waals surface area contributed by atoms with Crippen LogP contribution in [0.4, 0.5) is 0 Å². The van der Waals surface area contributed by atoms with Gasteiger partial charge in [-0.25, -0.2) is 0 Å². The van der Waals surface area contributed by atoms with Crippen LogP contribution in [0.15, 0.2) is 78.9 Å². The first-order valence-corrected chi connectivity index (χ1v) is 10.2. The summed E-state index contributed by atoms with van der Waals surface area (Å²) in [5.41, 5.74) is 4.94. The molecule has 0 aliphatic heterocycles. The summed E-state index contributed by atoms with van der Waals surface area (Å²) in [5.74, 6) is -0.117. The molecule has 3 aromatic carbocycles. The Morgan fingerprint density at radius 3 is 2.40 bits per heavy atom. The predicted octanol–water partition coefficient (Wildman–Crippen LogP) is 6.54. The quantitative estimate of drug-likeness (QED) is 0.373. The summed E-state index contributed by atoms with van der Waals surface area (Å²) in [5, 5.41) is 11.5. The van der Waals surface area contributed by atoms with E-state index in [2.05, 4.69) is 15.5 Å². The smallest absolute Gasteiger partial charge is 0.251 e. The van der Waals surface area contributed by atoms with E-state index >= 15 is 0 Å². The summed E-state index contributed by atoms with van der Waals surface area (Å²) in [6.45, 7) is 1.97. The fraction of sp³-hybridized carbons (Fsp3) is 0.0833. The Balaban J connectivity index is 1.48. The Bertz CT molecular complexity index is 1170. The Morgan fingerprint density at radius 1 is 0.967 bits per heavy atom. The molecule has 6 heteroatoms. The summed E-state index contributed by atoms with van der Waals surface area (Å²) in [4.78, 5) is 12.6. The van der Waals surface area contributed by atoms with Crippen molar-refractivity contribution in [2.75, 3.05) is 0 Å². The lowest BCUT2D eigenvalue weighted by Crippen LogP contribution is -2.26. The third-order valence-electron chi connectivity index (χ3n) is 4.89. The van der Waals surface area contributed by atoms with Gasteiger partial charge in [0.1, 0.15) is 0 Å². The minimum Gasteiger partial charge on any atom is -0.346 e. The molecule has 1 unspecified atom stereocenters. The second kappa shape index (κ2) is 8.74. The van der Waals surface area contributed by atoms with Crippen LogP contribution in [-0.4, -0.2) is 16.1 Å². The van der Waals surface area contributed by atoms with Crippen molar-refractivity contribution in [1.82, 2.24) is 15.5 Å². The fourth-order valence-corrected chi connectivity index (χ4v) is 3.72. The monoisotopic (exact) mass is 435 g/mol. The van der Waals surface area contributed by atoms with Gasteiger partial charge < -0.3 is 5.32 Å². The van der Waals surface area contributed by atoms with Crippen molar-refractivity contribution < 1.29 is 4.79 Å². The number of amides is 1. The molecule has 1 aromatic heterocycles. The van der Waals surface area contributed by atoms with Gasteiger partial charge >= 0.3 is 0 Å². The molecule has 0 saturated carbocycles. The van der Waals surface area contributed by atoms with Gasteiger partial charge in [0.15, 0.2) is 0 Å². The highest BCUT2D eigenvalue weighted by molar-refractivity contribution is 6.36. The number of hydrogen-bond acceptors (Lipinski definition) is 2. The van der Waals surface area contributed by atoms with E-state index in [0.29, 0.717) is 15.6 Å². The number of carbonyl (C=O) groups is 1. The number of aromatic amines is 1. The molecule has 0 saturated heterocycles. The van der Waals surface area contributed by atoms with E-state index in [1.54, 1.807) is 24.3 Å². The van der Waals surface area contributed by atoms with Gasteiger partial charge in [-0.2, -0.15) is 5.10 Å². The van der Waals surface area contributed by atoms with E-state index in [9.17, 15) is 4.79 Å². The van der Waals surface area contributed by atoms with Crippen molar-refractivity contribution in [2.24, 2.45) is 0 Å². The normalized spacial score (nSPS) is 11.8. The average molecular weight is 436 g/mol. The molecule has 4 nitrogen and oxygen atoms in total. The Hall–Kier alpha value is -3.08. The van der Waals surface area contributed by atoms with Crippen molar-refractivity contribution in [2.45, 2.75) is 13.0 Å². The lowest BCUT2D eigenvalue weighted by atomic mass is 10.1. The van der Waals surface area contributed by atoms with E-state index in [0.717, 1.165) is 28.1 Å². The number of H-pyrrole nitrogens is 1. The number of nitrogens with zero attached hydrogens (tertiary/aromatic N) is 1. The molecule has 0 bridgehead atoms. The third kappa shape index (κ3) is 4.40. The zero-order valence-corrected chi connectivity index (χ0v) is 17.7. The zero-order chi connectivity index (χ0) is 21.1. The number of carbonyl (C=O) groups excluding carboxylic acids is 1. The largest absolute Gasteiger partial charge is 0.346 e. The summed E-state index contributed by atoms with van der Waals surface area (Å²) >= 11 is 12.3. The average Bonchev–Trinajstić information content (AvgIpc) is 3.24. The molecule has 0 aliphatic carbocycles. The van der Waals surface area contributed by atoms with Crippen LogP contribution in [0.5, 0.6) is 0 Å². The molecule has 4 aromatic rings. The summed E-state index contributed by atoms with van der Waals surface area (Å²) in [6, 6.07) is 24.4. The molecule has 1 amide bonds. The summed E-state index contributed by atoms with van der Waals surface area (Å²) in [7, 11) is 0.